The predicted molar refractivity (Wildman–Crippen MR) is 120 cm³/mol. The van der Waals surface area contributed by atoms with Crippen LogP contribution < -0.4 is 15.4 Å². The second-order valence-corrected chi connectivity index (χ2v) is 8.00. The van der Waals surface area contributed by atoms with E-state index in [0.29, 0.717) is 18.7 Å². The molecule has 4 rings (SSSR count). The topological polar surface area (TPSA) is 70.7 Å². The van der Waals surface area contributed by atoms with Crippen LogP contribution in [0, 0.1) is 5.92 Å². The Morgan fingerprint density at radius 3 is 2.63 bits per heavy atom. The van der Waals surface area contributed by atoms with E-state index in [-0.39, 0.29) is 36.2 Å². The number of fused-ring (bicyclic) bond motifs is 1. The molecule has 2 aliphatic heterocycles. The Hall–Kier alpha value is -2.31. The molecule has 162 valence electrons. The second-order valence-electron chi connectivity index (χ2n) is 8.00. The minimum absolute atomic E-state index is 0. The Morgan fingerprint density at radius 2 is 1.90 bits per heavy atom. The normalized spacial score (nSPS) is 21.6. The van der Waals surface area contributed by atoms with Crippen molar-refractivity contribution in [2.45, 2.75) is 31.7 Å². The van der Waals surface area contributed by atoms with Gasteiger partial charge in [-0.15, -0.1) is 12.4 Å². The van der Waals surface area contributed by atoms with E-state index in [1.54, 1.807) is 7.11 Å². The Kier molecular flexibility index (Phi) is 7.56. The highest BCUT2D eigenvalue weighted by Gasteiger charge is 2.30. The van der Waals surface area contributed by atoms with Gasteiger partial charge in [0.05, 0.1) is 13.0 Å². The molecule has 0 aromatic heterocycles. The van der Waals surface area contributed by atoms with Gasteiger partial charge in [-0.3, -0.25) is 9.59 Å². The third-order valence-corrected chi connectivity index (χ3v) is 6.06. The number of halogens is 1. The number of carbonyl (C=O) groups is 2. The first-order valence-corrected chi connectivity index (χ1v) is 10.5. The van der Waals surface area contributed by atoms with Gasteiger partial charge in [0, 0.05) is 36.6 Å². The maximum Gasteiger partial charge on any atom is 0.254 e. The van der Waals surface area contributed by atoms with Crippen LogP contribution in [0.4, 0.5) is 0 Å². The lowest BCUT2D eigenvalue weighted by atomic mass is 9.94. The second kappa shape index (κ2) is 10.1. The van der Waals surface area contributed by atoms with Crippen LogP contribution in [0.2, 0.25) is 0 Å². The molecule has 2 aromatic rings. The summed E-state index contributed by atoms with van der Waals surface area (Å²) >= 11 is 0. The van der Waals surface area contributed by atoms with Crippen LogP contribution in [0.1, 0.15) is 36.0 Å². The number of ether oxygens (including phenoxy) is 1. The van der Waals surface area contributed by atoms with Crippen molar-refractivity contribution >= 4 is 35.0 Å². The average Bonchev–Trinajstić information content (AvgIpc) is 2.78. The van der Waals surface area contributed by atoms with Gasteiger partial charge in [0.2, 0.25) is 5.91 Å². The first kappa shape index (κ1) is 22.4. The van der Waals surface area contributed by atoms with Gasteiger partial charge in [-0.1, -0.05) is 24.3 Å². The van der Waals surface area contributed by atoms with E-state index >= 15 is 0 Å². The van der Waals surface area contributed by atoms with Crippen LogP contribution in [-0.2, 0) is 4.79 Å². The van der Waals surface area contributed by atoms with E-state index in [4.69, 9.17) is 4.74 Å². The van der Waals surface area contributed by atoms with Gasteiger partial charge in [0.1, 0.15) is 5.75 Å². The van der Waals surface area contributed by atoms with Gasteiger partial charge >= 0.3 is 0 Å². The number of amides is 2. The molecule has 2 aromatic carbocycles. The fourth-order valence-electron chi connectivity index (χ4n) is 4.48. The van der Waals surface area contributed by atoms with E-state index in [0.717, 1.165) is 55.3 Å². The summed E-state index contributed by atoms with van der Waals surface area (Å²) in [5.41, 5.74) is 0.666. The molecule has 30 heavy (non-hydrogen) atoms. The summed E-state index contributed by atoms with van der Waals surface area (Å²) in [6.07, 6.45) is 3.79. The van der Waals surface area contributed by atoms with E-state index in [1.165, 1.54) is 0 Å². The molecule has 2 heterocycles. The molecule has 6 nitrogen and oxygen atoms in total. The summed E-state index contributed by atoms with van der Waals surface area (Å²) in [6, 6.07) is 11.7. The first-order valence-electron chi connectivity index (χ1n) is 10.5. The van der Waals surface area contributed by atoms with Crippen LogP contribution in [0.5, 0.6) is 5.75 Å². The van der Waals surface area contributed by atoms with Crippen LogP contribution in [-0.4, -0.2) is 56.0 Å². The molecule has 0 spiro atoms. The summed E-state index contributed by atoms with van der Waals surface area (Å²) in [7, 11) is 1.64. The van der Waals surface area contributed by atoms with Crippen LogP contribution in [0.3, 0.4) is 0 Å². The number of nitrogens with zero attached hydrogens (tertiary/aromatic N) is 1. The van der Waals surface area contributed by atoms with Gasteiger partial charge in [-0.2, -0.15) is 0 Å². The largest absolute Gasteiger partial charge is 0.496 e. The third kappa shape index (κ3) is 4.71. The average molecular weight is 432 g/mol. The summed E-state index contributed by atoms with van der Waals surface area (Å²) < 4.78 is 5.45. The molecule has 2 saturated heterocycles. The van der Waals surface area contributed by atoms with E-state index in [1.807, 2.05) is 41.3 Å². The van der Waals surface area contributed by atoms with Crippen molar-refractivity contribution < 1.29 is 14.3 Å². The van der Waals surface area contributed by atoms with Crippen LogP contribution >= 0.6 is 12.4 Å². The van der Waals surface area contributed by atoms with Gasteiger partial charge < -0.3 is 20.3 Å². The minimum atomic E-state index is -0.140. The zero-order valence-corrected chi connectivity index (χ0v) is 18.2. The van der Waals surface area contributed by atoms with Crippen molar-refractivity contribution in [3.05, 3.63) is 42.0 Å². The highest BCUT2D eigenvalue weighted by Crippen LogP contribution is 2.30. The highest BCUT2D eigenvalue weighted by molar-refractivity contribution is 6.08. The molecule has 0 saturated carbocycles. The molecule has 0 bridgehead atoms. The van der Waals surface area contributed by atoms with Crippen molar-refractivity contribution in [2.24, 2.45) is 5.92 Å². The molecule has 2 fully saturated rings. The van der Waals surface area contributed by atoms with Gasteiger partial charge in [0.15, 0.2) is 0 Å². The lowest BCUT2D eigenvalue weighted by Crippen LogP contribution is -2.51. The quantitative estimate of drug-likeness (QED) is 0.780. The fourth-order valence-corrected chi connectivity index (χ4v) is 4.48. The van der Waals surface area contributed by atoms with Gasteiger partial charge in [-0.25, -0.2) is 0 Å². The Morgan fingerprint density at radius 1 is 1.10 bits per heavy atom. The number of carbonyl (C=O) groups excluding carboxylic acids is 2. The molecule has 2 atom stereocenters. The van der Waals surface area contributed by atoms with Crippen molar-refractivity contribution in [2.75, 3.05) is 33.3 Å². The van der Waals surface area contributed by atoms with Crippen molar-refractivity contribution in [1.29, 1.82) is 0 Å². The summed E-state index contributed by atoms with van der Waals surface area (Å²) in [6.45, 7) is 3.02. The number of piperidine rings is 2. The number of nitrogens with one attached hydrogen (secondary N) is 2. The van der Waals surface area contributed by atoms with Crippen molar-refractivity contribution in [3.63, 3.8) is 0 Å². The fraction of sp³-hybridized carbons (Fsp3) is 0.478. The SMILES string of the molecule is COc1ccc(C(=O)N2CCCC(C(=O)N[C@H]3CCCNC3)C2)c2ccccc12.Cl. The van der Waals surface area contributed by atoms with E-state index in [2.05, 4.69) is 10.6 Å². The Bertz CT molecular complexity index is 898. The zero-order chi connectivity index (χ0) is 20.2. The molecular formula is C23H30ClN3O3. The number of benzene rings is 2. The molecule has 7 heteroatoms. The van der Waals surface area contributed by atoms with Crippen LogP contribution in [0.15, 0.2) is 36.4 Å². The maximum absolute atomic E-state index is 13.3. The molecule has 0 aliphatic carbocycles. The third-order valence-electron chi connectivity index (χ3n) is 6.06. The van der Waals surface area contributed by atoms with Crippen molar-refractivity contribution in [3.8, 4) is 5.75 Å². The van der Waals surface area contributed by atoms with Crippen molar-refractivity contribution in [1.82, 2.24) is 15.5 Å². The number of likely N-dealkylation sites (tertiary alicyclic amines) is 1. The van der Waals surface area contributed by atoms with Gasteiger partial charge in [0.25, 0.3) is 5.91 Å². The highest BCUT2D eigenvalue weighted by atomic mass is 35.5. The molecule has 2 N–H and O–H groups in total. The number of methoxy groups -OCH3 is 1. The zero-order valence-electron chi connectivity index (χ0n) is 17.4. The monoisotopic (exact) mass is 431 g/mol. The number of rotatable bonds is 4. The Balaban J connectivity index is 0.00000256. The predicted octanol–water partition coefficient (Wildman–Crippen LogP) is 2.99. The summed E-state index contributed by atoms with van der Waals surface area (Å²) in [4.78, 5) is 27.9. The van der Waals surface area contributed by atoms with E-state index in [9.17, 15) is 9.59 Å². The van der Waals surface area contributed by atoms with E-state index < -0.39 is 0 Å². The molecule has 2 amide bonds. The molecular weight excluding hydrogens is 402 g/mol. The minimum Gasteiger partial charge on any atom is -0.496 e. The summed E-state index contributed by atoms with van der Waals surface area (Å²) in [5, 5.41) is 8.32. The number of hydrogen-bond acceptors (Lipinski definition) is 4. The summed E-state index contributed by atoms with van der Waals surface area (Å²) in [5.74, 6) is 0.685. The lowest BCUT2D eigenvalue weighted by molar-refractivity contribution is -0.127. The Labute approximate surface area is 183 Å². The smallest absolute Gasteiger partial charge is 0.254 e. The molecule has 1 unspecified atom stereocenters. The number of hydrogen-bond donors (Lipinski definition) is 2. The lowest BCUT2D eigenvalue weighted by Gasteiger charge is -2.34. The standard InChI is InChI=1S/C23H29N3O3.ClH/c1-29-21-11-10-20(18-8-2-3-9-19(18)21)23(28)26-13-5-6-16(15-26)22(27)25-17-7-4-12-24-14-17;/h2-3,8-11,16-17,24H,4-7,12-15H2,1H3,(H,25,27);1H/t16?,17-;/m0./s1. The maximum atomic E-state index is 13.3. The van der Waals surface area contributed by atoms with Gasteiger partial charge in [-0.05, 0) is 49.7 Å². The van der Waals surface area contributed by atoms with Crippen LogP contribution in [0.25, 0.3) is 10.8 Å². The first-order chi connectivity index (χ1) is 14.2. The molecule has 2 aliphatic rings. The molecule has 0 radical (unpaired) electrons.